The van der Waals surface area contributed by atoms with E-state index >= 15 is 0 Å². The van der Waals surface area contributed by atoms with Crippen molar-refractivity contribution in [2.75, 3.05) is 26.4 Å². The summed E-state index contributed by atoms with van der Waals surface area (Å²) in [6, 6.07) is 0. The van der Waals surface area contributed by atoms with E-state index in [0.717, 1.165) is 0 Å². The van der Waals surface area contributed by atoms with Crippen LogP contribution in [0.1, 0.15) is 39.5 Å². The Hall–Kier alpha value is -0.360. The maximum atomic E-state index is 12.9. The van der Waals surface area contributed by atoms with Crippen LogP contribution in [0.2, 0.25) is 0 Å². The minimum atomic E-state index is -2.85. The molecule has 0 unspecified atom stereocenters. The highest BCUT2D eigenvalue weighted by Crippen LogP contribution is 2.21. The van der Waals surface area contributed by atoms with Crippen LogP contribution in [0.25, 0.3) is 0 Å². The van der Waals surface area contributed by atoms with Gasteiger partial charge in [-0.15, -0.1) is 0 Å². The van der Waals surface area contributed by atoms with E-state index < -0.39 is 25.1 Å². The molecule has 0 radical (unpaired) electrons. The fourth-order valence-corrected chi connectivity index (χ4v) is 1.44. The van der Waals surface area contributed by atoms with Crippen LogP contribution in [0.3, 0.4) is 0 Å². The van der Waals surface area contributed by atoms with E-state index in [9.17, 15) is 17.6 Å². The normalized spacial score (nSPS) is 13.0. The van der Waals surface area contributed by atoms with Crippen molar-refractivity contribution in [3.05, 3.63) is 0 Å². The summed E-state index contributed by atoms with van der Waals surface area (Å²) >= 11 is 0. The number of rotatable bonds is 11. The van der Waals surface area contributed by atoms with Gasteiger partial charge < -0.3 is 9.47 Å². The molecule has 0 N–H and O–H groups in total. The van der Waals surface area contributed by atoms with Crippen molar-refractivity contribution < 1.29 is 27.0 Å². The first-order valence-corrected chi connectivity index (χ1v) is 6.24. The minimum absolute atomic E-state index is 0.0957. The zero-order valence-corrected chi connectivity index (χ0v) is 11.0. The molecule has 0 fully saturated rings. The average Bonchev–Trinajstić information content (AvgIpc) is 2.22. The van der Waals surface area contributed by atoms with E-state index in [1.165, 1.54) is 0 Å². The van der Waals surface area contributed by atoms with Gasteiger partial charge in [-0.25, -0.2) is 17.6 Å². The highest BCUT2D eigenvalue weighted by atomic mass is 19.3. The second-order valence-electron chi connectivity index (χ2n) is 4.32. The number of hydrogen-bond acceptors (Lipinski definition) is 2. The Morgan fingerprint density at radius 1 is 0.722 bits per heavy atom. The summed E-state index contributed by atoms with van der Waals surface area (Å²) in [6.45, 7) is 1.76. The number of halogens is 4. The summed E-state index contributed by atoms with van der Waals surface area (Å²) in [6.07, 6.45) is 0.275. The summed E-state index contributed by atoms with van der Waals surface area (Å²) < 4.78 is 61.2. The maximum absolute atomic E-state index is 12.9. The predicted molar refractivity (Wildman–Crippen MR) is 61.3 cm³/mol. The number of ether oxygens (including phenoxy) is 2. The average molecular weight is 274 g/mol. The van der Waals surface area contributed by atoms with E-state index in [0.29, 0.717) is 12.8 Å². The van der Waals surface area contributed by atoms with Gasteiger partial charge in [0.25, 0.3) is 11.8 Å². The van der Waals surface area contributed by atoms with Gasteiger partial charge in [-0.1, -0.05) is 26.7 Å². The fourth-order valence-electron chi connectivity index (χ4n) is 1.44. The molecule has 0 aromatic carbocycles. The van der Waals surface area contributed by atoms with Crippen LogP contribution in [-0.4, -0.2) is 38.3 Å². The second kappa shape index (κ2) is 8.69. The van der Waals surface area contributed by atoms with Crippen molar-refractivity contribution in [2.45, 2.75) is 51.4 Å². The molecular formula is C12H22F4O2. The smallest absolute Gasteiger partial charge is 0.270 e. The van der Waals surface area contributed by atoms with Crippen LogP contribution in [0.15, 0.2) is 0 Å². The first-order valence-electron chi connectivity index (χ1n) is 6.24. The standard InChI is InChI=1S/C12H22F4O2/c1-3-5-11(13,14)9-17-7-8-18-10-12(15,16)6-4-2/h3-10H2,1-2H3. The van der Waals surface area contributed by atoms with E-state index in [1.54, 1.807) is 13.8 Å². The fraction of sp³-hybridized carbons (Fsp3) is 1.00. The van der Waals surface area contributed by atoms with Crippen LogP contribution in [-0.2, 0) is 9.47 Å². The quantitative estimate of drug-likeness (QED) is 0.420. The maximum Gasteiger partial charge on any atom is 0.270 e. The lowest BCUT2D eigenvalue weighted by atomic mass is 10.2. The number of alkyl halides is 4. The van der Waals surface area contributed by atoms with Gasteiger partial charge in [-0.3, -0.25) is 0 Å². The van der Waals surface area contributed by atoms with Crippen molar-refractivity contribution in [1.82, 2.24) is 0 Å². The van der Waals surface area contributed by atoms with Crippen LogP contribution in [0, 0.1) is 0 Å². The molecule has 18 heavy (non-hydrogen) atoms. The van der Waals surface area contributed by atoms with Crippen LogP contribution in [0.5, 0.6) is 0 Å². The van der Waals surface area contributed by atoms with Crippen LogP contribution >= 0.6 is 0 Å². The lowest BCUT2D eigenvalue weighted by Gasteiger charge is -2.17. The molecule has 0 saturated carbocycles. The third-order valence-electron chi connectivity index (χ3n) is 2.23. The highest BCUT2D eigenvalue weighted by Gasteiger charge is 2.29. The van der Waals surface area contributed by atoms with Gasteiger partial charge in [-0.2, -0.15) is 0 Å². The highest BCUT2D eigenvalue weighted by molar-refractivity contribution is 4.64. The molecular weight excluding hydrogens is 252 g/mol. The molecule has 110 valence electrons. The molecule has 0 heterocycles. The third-order valence-corrected chi connectivity index (χ3v) is 2.23. The lowest BCUT2D eigenvalue weighted by molar-refractivity contribution is -0.111. The van der Waals surface area contributed by atoms with Gasteiger partial charge in [0.2, 0.25) is 0 Å². The summed E-state index contributed by atoms with van der Waals surface area (Å²) in [7, 11) is 0. The summed E-state index contributed by atoms with van der Waals surface area (Å²) in [5.74, 6) is -5.69. The van der Waals surface area contributed by atoms with Gasteiger partial charge >= 0.3 is 0 Å². The molecule has 0 aromatic rings. The second-order valence-corrected chi connectivity index (χ2v) is 4.32. The molecule has 0 aromatic heterocycles. The van der Waals surface area contributed by atoms with Crippen molar-refractivity contribution in [3.63, 3.8) is 0 Å². The van der Waals surface area contributed by atoms with Gasteiger partial charge in [0.1, 0.15) is 13.2 Å². The Morgan fingerprint density at radius 3 is 1.33 bits per heavy atom. The predicted octanol–water partition coefficient (Wildman–Crippen LogP) is 3.89. The Bertz CT molecular complexity index is 188. The first-order chi connectivity index (χ1) is 8.33. The summed E-state index contributed by atoms with van der Waals surface area (Å²) in [5.41, 5.74) is 0. The van der Waals surface area contributed by atoms with E-state index in [4.69, 9.17) is 9.47 Å². The van der Waals surface area contributed by atoms with Gasteiger partial charge in [-0.05, 0) is 0 Å². The van der Waals surface area contributed by atoms with Gasteiger partial charge in [0, 0.05) is 12.8 Å². The molecule has 0 spiro atoms. The lowest BCUT2D eigenvalue weighted by Crippen LogP contribution is -2.26. The van der Waals surface area contributed by atoms with Gasteiger partial charge in [0.05, 0.1) is 13.2 Å². The largest absolute Gasteiger partial charge is 0.373 e. The Morgan fingerprint density at radius 2 is 1.06 bits per heavy atom. The molecule has 0 aliphatic carbocycles. The Balaban J connectivity index is 3.52. The van der Waals surface area contributed by atoms with Crippen molar-refractivity contribution in [3.8, 4) is 0 Å². The van der Waals surface area contributed by atoms with Crippen LogP contribution < -0.4 is 0 Å². The number of hydrogen-bond donors (Lipinski definition) is 0. The molecule has 0 aliphatic rings. The van der Waals surface area contributed by atoms with E-state index in [-0.39, 0.29) is 26.1 Å². The van der Waals surface area contributed by atoms with Crippen molar-refractivity contribution in [2.24, 2.45) is 0 Å². The Labute approximate surface area is 106 Å². The first kappa shape index (κ1) is 17.6. The topological polar surface area (TPSA) is 18.5 Å². The third kappa shape index (κ3) is 9.65. The van der Waals surface area contributed by atoms with E-state index in [1.807, 2.05) is 0 Å². The molecule has 0 rings (SSSR count). The van der Waals surface area contributed by atoms with Gasteiger partial charge in [0.15, 0.2) is 0 Å². The molecule has 2 nitrogen and oxygen atoms in total. The SMILES string of the molecule is CCCC(F)(F)COCCOCC(F)(F)CCC. The molecule has 0 bridgehead atoms. The van der Waals surface area contributed by atoms with Crippen molar-refractivity contribution >= 4 is 0 Å². The minimum Gasteiger partial charge on any atom is -0.373 e. The molecule has 6 heteroatoms. The molecule has 0 saturated heterocycles. The summed E-state index contributed by atoms with van der Waals surface area (Å²) in [4.78, 5) is 0. The summed E-state index contributed by atoms with van der Waals surface area (Å²) in [5, 5.41) is 0. The molecule has 0 amide bonds. The molecule has 0 aliphatic heterocycles. The van der Waals surface area contributed by atoms with Crippen molar-refractivity contribution in [1.29, 1.82) is 0 Å². The monoisotopic (exact) mass is 274 g/mol. The Kier molecular flexibility index (Phi) is 8.52. The zero-order chi connectivity index (χ0) is 14.1. The van der Waals surface area contributed by atoms with E-state index in [2.05, 4.69) is 0 Å². The molecule has 0 atom stereocenters. The zero-order valence-electron chi connectivity index (χ0n) is 11.0. The van der Waals surface area contributed by atoms with Crippen LogP contribution in [0.4, 0.5) is 17.6 Å².